The molecule has 10 heteroatoms. The molecule has 0 bridgehead atoms. The minimum Gasteiger partial charge on any atom is -0.497 e. The second kappa shape index (κ2) is 10.7. The van der Waals surface area contributed by atoms with Crippen LogP contribution in [0, 0.1) is 0 Å². The van der Waals surface area contributed by atoms with Crippen LogP contribution in [0.3, 0.4) is 0 Å². The summed E-state index contributed by atoms with van der Waals surface area (Å²) in [4.78, 5) is 51.1. The number of halogens is 1. The molecule has 9 nitrogen and oxygen atoms in total. The van der Waals surface area contributed by atoms with Gasteiger partial charge in [-0.25, -0.2) is 9.69 Å². The summed E-state index contributed by atoms with van der Waals surface area (Å²) >= 11 is 5.89. The van der Waals surface area contributed by atoms with Crippen molar-refractivity contribution in [2.45, 2.75) is 0 Å². The first-order valence-electron chi connectivity index (χ1n) is 10.7. The fourth-order valence-corrected chi connectivity index (χ4v) is 3.51. The number of para-hydroxylation sites is 1. The van der Waals surface area contributed by atoms with Gasteiger partial charge in [0.1, 0.15) is 17.1 Å². The lowest BCUT2D eigenvalue weighted by Gasteiger charge is -2.26. The highest BCUT2D eigenvalue weighted by molar-refractivity contribution is 6.39. The number of rotatable bonds is 7. The van der Waals surface area contributed by atoms with Crippen LogP contribution < -0.4 is 25.0 Å². The zero-order chi connectivity index (χ0) is 25.7. The molecule has 3 aromatic carbocycles. The number of methoxy groups -OCH3 is 1. The maximum atomic E-state index is 13.1. The van der Waals surface area contributed by atoms with Crippen molar-refractivity contribution in [1.82, 2.24) is 5.32 Å². The van der Waals surface area contributed by atoms with E-state index in [4.69, 9.17) is 21.1 Å². The van der Waals surface area contributed by atoms with Gasteiger partial charge >= 0.3 is 6.03 Å². The number of carbonyl (C=O) groups is 4. The number of benzene rings is 3. The third-order valence-corrected chi connectivity index (χ3v) is 5.39. The van der Waals surface area contributed by atoms with Crippen LogP contribution in [0.15, 0.2) is 78.4 Å². The lowest BCUT2D eigenvalue weighted by molar-refractivity contribution is -0.122. The van der Waals surface area contributed by atoms with E-state index >= 15 is 0 Å². The molecule has 1 aliphatic rings. The van der Waals surface area contributed by atoms with Gasteiger partial charge in [-0.3, -0.25) is 19.7 Å². The largest absolute Gasteiger partial charge is 0.497 e. The van der Waals surface area contributed by atoms with Crippen LogP contribution >= 0.6 is 11.6 Å². The second-order valence-corrected chi connectivity index (χ2v) is 7.97. The zero-order valence-electron chi connectivity index (χ0n) is 19.0. The number of hydrogen-bond acceptors (Lipinski definition) is 6. The monoisotopic (exact) mass is 505 g/mol. The van der Waals surface area contributed by atoms with Crippen molar-refractivity contribution >= 4 is 52.8 Å². The molecule has 0 aromatic heterocycles. The van der Waals surface area contributed by atoms with E-state index in [1.54, 1.807) is 55.6 Å². The average Bonchev–Trinajstić information content (AvgIpc) is 2.87. The number of hydrogen-bond donors (Lipinski definition) is 2. The van der Waals surface area contributed by atoms with Gasteiger partial charge in [0, 0.05) is 16.3 Å². The highest BCUT2D eigenvalue weighted by Crippen LogP contribution is 2.26. The normalized spacial score (nSPS) is 14.4. The Morgan fingerprint density at radius 1 is 1.00 bits per heavy atom. The van der Waals surface area contributed by atoms with Crippen molar-refractivity contribution in [1.29, 1.82) is 0 Å². The second-order valence-electron chi connectivity index (χ2n) is 7.54. The molecule has 1 fully saturated rings. The number of barbiturate groups is 1. The summed E-state index contributed by atoms with van der Waals surface area (Å²) in [7, 11) is 1.55. The van der Waals surface area contributed by atoms with Crippen molar-refractivity contribution in [2.75, 3.05) is 23.9 Å². The molecule has 36 heavy (non-hydrogen) atoms. The Balaban J connectivity index is 1.51. The molecule has 1 aliphatic heterocycles. The maximum absolute atomic E-state index is 13.1. The Labute approximate surface area is 211 Å². The number of anilines is 2. The Hall–Kier alpha value is -4.63. The molecule has 0 atom stereocenters. The summed E-state index contributed by atoms with van der Waals surface area (Å²) in [6, 6.07) is 18.6. The van der Waals surface area contributed by atoms with Crippen LogP contribution in [0.4, 0.5) is 16.2 Å². The molecule has 0 aliphatic carbocycles. The summed E-state index contributed by atoms with van der Waals surface area (Å²) in [6.07, 6.45) is 1.31. The van der Waals surface area contributed by atoms with Crippen molar-refractivity contribution in [3.8, 4) is 11.5 Å². The molecular formula is C26H20ClN3O6. The molecule has 182 valence electrons. The lowest BCUT2D eigenvalue weighted by Crippen LogP contribution is -2.54. The Bertz CT molecular complexity index is 1350. The highest BCUT2D eigenvalue weighted by atomic mass is 35.5. The van der Waals surface area contributed by atoms with Crippen molar-refractivity contribution < 1.29 is 28.7 Å². The summed E-state index contributed by atoms with van der Waals surface area (Å²) in [5, 5.41) is 5.29. The number of amides is 5. The average molecular weight is 506 g/mol. The van der Waals surface area contributed by atoms with Crippen molar-refractivity contribution in [3.63, 3.8) is 0 Å². The van der Waals surface area contributed by atoms with Crippen LogP contribution in [0.1, 0.15) is 5.56 Å². The fourth-order valence-electron chi connectivity index (χ4n) is 3.38. The predicted molar refractivity (Wildman–Crippen MR) is 134 cm³/mol. The number of nitrogens with zero attached hydrogens (tertiary/aromatic N) is 1. The van der Waals surface area contributed by atoms with Crippen LogP contribution in [0.25, 0.3) is 6.08 Å². The van der Waals surface area contributed by atoms with E-state index in [1.807, 2.05) is 0 Å². The minimum absolute atomic E-state index is 0.250. The molecule has 4 rings (SSSR count). The third-order valence-electron chi connectivity index (χ3n) is 5.14. The summed E-state index contributed by atoms with van der Waals surface area (Å²) in [6.45, 7) is -0.318. The van der Waals surface area contributed by atoms with Gasteiger partial charge in [0.15, 0.2) is 6.61 Å². The van der Waals surface area contributed by atoms with Crippen LogP contribution in [0.2, 0.25) is 5.02 Å². The van der Waals surface area contributed by atoms with Crippen molar-refractivity contribution in [2.24, 2.45) is 0 Å². The van der Waals surface area contributed by atoms with E-state index in [1.165, 1.54) is 30.3 Å². The quantitative estimate of drug-likeness (QED) is 0.370. The SMILES string of the molecule is COc1ccc(NC(=O)COc2ccccc2/C=C2/C(=O)NC(=O)N(c3ccc(Cl)cc3)C2=O)cc1. The first kappa shape index (κ1) is 24.5. The molecular weight excluding hydrogens is 486 g/mol. The first-order valence-corrected chi connectivity index (χ1v) is 11.1. The van der Waals surface area contributed by atoms with E-state index in [2.05, 4.69) is 10.6 Å². The van der Waals surface area contributed by atoms with E-state index in [0.717, 1.165) is 4.90 Å². The number of urea groups is 1. The molecule has 1 saturated heterocycles. The standard InChI is InChI=1S/C26H20ClN3O6/c1-35-20-12-8-18(9-13-20)28-23(31)15-36-22-5-3-2-4-16(22)14-21-24(32)29-26(34)30(25(21)33)19-10-6-17(27)7-11-19/h2-14H,15H2,1H3,(H,28,31)(H,29,32,34)/b21-14-. The molecule has 0 saturated carbocycles. The molecule has 1 heterocycles. The van der Waals surface area contributed by atoms with Gasteiger partial charge in [0.2, 0.25) is 0 Å². The number of nitrogens with one attached hydrogen (secondary N) is 2. The number of carbonyl (C=O) groups excluding carboxylic acids is 4. The van der Waals surface area contributed by atoms with E-state index in [0.29, 0.717) is 22.0 Å². The molecule has 0 spiro atoms. The summed E-state index contributed by atoms with van der Waals surface area (Å²) < 4.78 is 10.7. The van der Waals surface area contributed by atoms with Gasteiger partial charge < -0.3 is 14.8 Å². The molecule has 0 unspecified atom stereocenters. The fraction of sp³-hybridized carbons (Fsp3) is 0.0769. The Morgan fingerprint density at radius 3 is 2.39 bits per heavy atom. The highest BCUT2D eigenvalue weighted by Gasteiger charge is 2.37. The maximum Gasteiger partial charge on any atom is 0.335 e. The Morgan fingerprint density at radius 2 is 1.69 bits per heavy atom. The molecule has 0 radical (unpaired) electrons. The zero-order valence-corrected chi connectivity index (χ0v) is 19.7. The third kappa shape index (κ3) is 5.53. The molecule has 3 aromatic rings. The number of ether oxygens (including phenoxy) is 2. The van der Waals surface area contributed by atoms with Crippen molar-refractivity contribution in [3.05, 3.63) is 89.0 Å². The minimum atomic E-state index is -0.871. The molecule has 2 N–H and O–H groups in total. The van der Waals surface area contributed by atoms with Gasteiger partial charge in [-0.1, -0.05) is 29.8 Å². The summed E-state index contributed by atoms with van der Waals surface area (Å²) in [5.74, 6) is -1.14. The smallest absolute Gasteiger partial charge is 0.335 e. The predicted octanol–water partition coefficient (Wildman–Crippen LogP) is 4.03. The van der Waals surface area contributed by atoms with Crippen LogP contribution in [0.5, 0.6) is 11.5 Å². The van der Waals surface area contributed by atoms with E-state index in [9.17, 15) is 19.2 Å². The van der Waals surface area contributed by atoms with Crippen LogP contribution in [-0.4, -0.2) is 37.5 Å². The lowest BCUT2D eigenvalue weighted by atomic mass is 10.1. The van der Waals surface area contributed by atoms with Gasteiger partial charge in [0.25, 0.3) is 17.7 Å². The Kier molecular flexibility index (Phi) is 7.31. The summed E-state index contributed by atoms with van der Waals surface area (Å²) in [5.41, 5.74) is 0.915. The van der Waals surface area contributed by atoms with Gasteiger partial charge in [-0.05, 0) is 60.7 Å². The first-order chi connectivity index (χ1) is 17.4. The topological polar surface area (TPSA) is 114 Å². The van der Waals surface area contributed by atoms with E-state index in [-0.39, 0.29) is 23.6 Å². The van der Waals surface area contributed by atoms with Crippen LogP contribution in [-0.2, 0) is 14.4 Å². The van der Waals surface area contributed by atoms with Gasteiger partial charge in [0.05, 0.1) is 12.8 Å². The van der Waals surface area contributed by atoms with Gasteiger partial charge in [-0.2, -0.15) is 0 Å². The van der Waals surface area contributed by atoms with E-state index < -0.39 is 23.8 Å². The number of imide groups is 2. The van der Waals surface area contributed by atoms with Gasteiger partial charge in [-0.15, -0.1) is 0 Å². The molecule has 5 amide bonds.